The van der Waals surface area contributed by atoms with Crippen molar-refractivity contribution in [2.24, 2.45) is 10.9 Å². The summed E-state index contributed by atoms with van der Waals surface area (Å²) in [4.78, 5) is 8.88. The molecule has 1 aromatic heterocycles. The molecule has 1 aliphatic rings. The summed E-state index contributed by atoms with van der Waals surface area (Å²) >= 11 is 0. The fourth-order valence-corrected chi connectivity index (χ4v) is 1.76. The van der Waals surface area contributed by atoms with Crippen molar-refractivity contribution in [3.63, 3.8) is 0 Å². The number of aliphatic imine (C=N–C) groups is 1. The molecule has 4 heteroatoms. The third kappa shape index (κ3) is 2.21. The van der Waals surface area contributed by atoms with Crippen LogP contribution in [0.1, 0.15) is 38.4 Å². The number of aromatic nitrogens is 2. The Morgan fingerprint density at radius 3 is 3.00 bits per heavy atom. The van der Waals surface area contributed by atoms with Gasteiger partial charge in [0.1, 0.15) is 5.71 Å². The van der Waals surface area contributed by atoms with Crippen LogP contribution in [0.25, 0.3) is 0 Å². The molecule has 0 aliphatic carbocycles. The van der Waals surface area contributed by atoms with Crippen LogP contribution in [0.2, 0.25) is 0 Å². The van der Waals surface area contributed by atoms with Crippen LogP contribution in [0.3, 0.4) is 0 Å². The first-order valence-corrected chi connectivity index (χ1v) is 5.75. The van der Waals surface area contributed by atoms with Gasteiger partial charge in [0.2, 0.25) is 11.7 Å². The normalized spacial score (nSPS) is 21.9. The van der Waals surface area contributed by atoms with Crippen molar-refractivity contribution in [2.45, 2.75) is 39.7 Å². The van der Waals surface area contributed by atoms with Crippen LogP contribution in [-0.2, 0) is 0 Å². The molecule has 0 aromatic carbocycles. The minimum absolute atomic E-state index is 0.351. The molecule has 16 heavy (non-hydrogen) atoms. The molecule has 4 nitrogen and oxygen atoms in total. The molecular formula is C12H17N3O. The number of nitrogens with zero attached hydrogens (tertiary/aromatic N) is 3. The number of allylic oxidation sites excluding steroid dienone is 1. The Hall–Kier alpha value is -1.45. The number of hydrogen-bond acceptors (Lipinski definition) is 4. The number of aryl methyl sites for hydroxylation is 1. The van der Waals surface area contributed by atoms with Gasteiger partial charge in [0.05, 0.1) is 6.04 Å². The lowest BCUT2D eigenvalue weighted by atomic mass is 9.95. The second-order valence-corrected chi connectivity index (χ2v) is 4.24. The Morgan fingerprint density at radius 2 is 2.38 bits per heavy atom. The minimum atomic E-state index is 0.351. The van der Waals surface area contributed by atoms with E-state index in [0.717, 1.165) is 18.6 Å². The Morgan fingerprint density at radius 1 is 1.56 bits per heavy atom. The van der Waals surface area contributed by atoms with E-state index >= 15 is 0 Å². The van der Waals surface area contributed by atoms with E-state index < -0.39 is 0 Å². The molecule has 2 unspecified atom stereocenters. The quantitative estimate of drug-likeness (QED) is 0.785. The van der Waals surface area contributed by atoms with E-state index in [2.05, 4.69) is 35.1 Å². The molecule has 0 N–H and O–H groups in total. The minimum Gasteiger partial charge on any atom is -0.339 e. The Bertz CT molecular complexity index is 420. The fraction of sp³-hybridized carbons (Fsp3) is 0.583. The van der Waals surface area contributed by atoms with Crippen molar-refractivity contribution in [3.8, 4) is 0 Å². The first-order chi connectivity index (χ1) is 7.70. The number of dihydropyridines is 1. The molecular weight excluding hydrogens is 202 g/mol. The van der Waals surface area contributed by atoms with Crippen LogP contribution < -0.4 is 0 Å². The summed E-state index contributed by atoms with van der Waals surface area (Å²) in [5.74, 6) is 1.77. The molecule has 1 aromatic rings. The summed E-state index contributed by atoms with van der Waals surface area (Å²) in [5, 5.41) is 3.89. The highest BCUT2D eigenvalue weighted by Gasteiger charge is 2.19. The zero-order valence-electron chi connectivity index (χ0n) is 9.97. The van der Waals surface area contributed by atoms with Gasteiger partial charge in [0, 0.05) is 6.92 Å². The van der Waals surface area contributed by atoms with Gasteiger partial charge in [-0.25, -0.2) is 0 Å². The van der Waals surface area contributed by atoms with Crippen molar-refractivity contribution in [1.82, 2.24) is 10.1 Å². The molecule has 2 atom stereocenters. The van der Waals surface area contributed by atoms with E-state index in [-0.39, 0.29) is 0 Å². The standard InChI is InChI=1S/C12H17N3O/c1-4-8(2)10-6-5-7-11(14-10)12-13-9(3)16-15-12/h5,7-8,10H,4,6H2,1-3H3. The largest absolute Gasteiger partial charge is 0.339 e. The van der Waals surface area contributed by atoms with Gasteiger partial charge in [0.25, 0.3) is 0 Å². The van der Waals surface area contributed by atoms with Gasteiger partial charge >= 0.3 is 0 Å². The molecule has 1 aliphatic heterocycles. The van der Waals surface area contributed by atoms with Gasteiger partial charge in [-0.05, 0) is 18.4 Å². The van der Waals surface area contributed by atoms with E-state index in [1.165, 1.54) is 0 Å². The van der Waals surface area contributed by atoms with E-state index in [0.29, 0.717) is 23.7 Å². The molecule has 0 fully saturated rings. The van der Waals surface area contributed by atoms with Gasteiger partial charge in [-0.1, -0.05) is 31.5 Å². The zero-order chi connectivity index (χ0) is 11.5. The average Bonchev–Trinajstić information content (AvgIpc) is 2.75. The zero-order valence-corrected chi connectivity index (χ0v) is 9.97. The molecule has 86 valence electrons. The topological polar surface area (TPSA) is 51.3 Å². The first-order valence-electron chi connectivity index (χ1n) is 5.75. The molecule has 0 amide bonds. The van der Waals surface area contributed by atoms with Gasteiger partial charge in [-0.2, -0.15) is 4.98 Å². The summed E-state index contributed by atoms with van der Waals surface area (Å²) in [6.45, 7) is 6.21. The predicted molar refractivity (Wildman–Crippen MR) is 62.6 cm³/mol. The van der Waals surface area contributed by atoms with Gasteiger partial charge < -0.3 is 4.52 Å². The molecule has 0 spiro atoms. The van der Waals surface area contributed by atoms with E-state index in [1.807, 2.05) is 6.08 Å². The van der Waals surface area contributed by atoms with Crippen LogP contribution in [0.15, 0.2) is 21.7 Å². The summed E-state index contributed by atoms with van der Waals surface area (Å²) in [6.07, 6.45) is 6.27. The highest BCUT2D eigenvalue weighted by atomic mass is 16.5. The molecule has 0 bridgehead atoms. The van der Waals surface area contributed by atoms with Crippen molar-refractivity contribution in [1.29, 1.82) is 0 Å². The third-order valence-electron chi connectivity index (χ3n) is 3.02. The summed E-state index contributed by atoms with van der Waals surface area (Å²) in [5.41, 5.74) is 0.841. The first kappa shape index (κ1) is 11.0. The van der Waals surface area contributed by atoms with Crippen LogP contribution in [0, 0.1) is 12.8 Å². The summed E-state index contributed by atoms with van der Waals surface area (Å²) in [6, 6.07) is 0.351. The van der Waals surface area contributed by atoms with Crippen molar-refractivity contribution in [3.05, 3.63) is 23.9 Å². The lowest BCUT2D eigenvalue weighted by Crippen LogP contribution is -2.20. The smallest absolute Gasteiger partial charge is 0.223 e. The number of rotatable bonds is 3. The molecule has 2 heterocycles. The van der Waals surface area contributed by atoms with E-state index in [4.69, 9.17) is 4.52 Å². The van der Waals surface area contributed by atoms with Crippen LogP contribution in [-0.4, -0.2) is 21.9 Å². The Kier molecular flexibility index (Phi) is 3.17. The molecule has 0 saturated heterocycles. The monoisotopic (exact) mass is 219 g/mol. The second kappa shape index (κ2) is 4.60. The van der Waals surface area contributed by atoms with Gasteiger partial charge in [0.15, 0.2) is 0 Å². The highest BCUT2D eigenvalue weighted by Crippen LogP contribution is 2.20. The lowest BCUT2D eigenvalue weighted by molar-refractivity contribution is 0.391. The average molecular weight is 219 g/mol. The Balaban J connectivity index is 2.21. The SMILES string of the molecule is CCC(C)C1CC=CC(c2noc(C)n2)=N1. The maximum Gasteiger partial charge on any atom is 0.223 e. The van der Waals surface area contributed by atoms with E-state index in [9.17, 15) is 0 Å². The third-order valence-corrected chi connectivity index (χ3v) is 3.02. The lowest BCUT2D eigenvalue weighted by Gasteiger charge is -2.20. The summed E-state index contributed by atoms with van der Waals surface area (Å²) in [7, 11) is 0. The van der Waals surface area contributed by atoms with Crippen LogP contribution >= 0.6 is 0 Å². The van der Waals surface area contributed by atoms with Gasteiger partial charge in [-0.15, -0.1) is 0 Å². The second-order valence-electron chi connectivity index (χ2n) is 4.24. The van der Waals surface area contributed by atoms with E-state index in [1.54, 1.807) is 6.92 Å². The van der Waals surface area contributed by atoms with Crippen molar-refractivity contribution < 1.29 is 4.52 Å². The molecule has 0 saturated carbocycles. The van der Waals surface area contributed by atoms with Crippen LogP contribution in [0.4, 0.5) is 0 Å². The Labute approximate surface area is 95.5 Å². The summed E-state index contributed by atoms with van der Waals surface area (Å²) < 4.78 is 4.96. The van der Waals surface area contributed by atoms with Crippen molar-refractivity contribution in [2.75, 3.05) is 0 Å². The maximum absolute atomic E-state index is 4.96. The molecule has 0 radical (unpaired) electrons. The molecule has 2 rings (SSSR count). The van der Waals surface area contributed by atoms with Crippen molar-refractivity contribution >= 4 is 5.71 Å². The van der Waals surface area contributed by atoms with Gasteiger partial charge in [-0.3, -0.25) is 4.99 Å². The fourth-order valence-electron chi connectivity index (χ4n) is 1.76. The number of hydrogen-bond donors (Lipinski definition) is 0. The van der Waals surface area contributed by atoms with Crippen LogP contribution in [0.5, 0.6) is 0 Å². The highest BCUT2D eigenvalue weighted by molar-refractivity contribution is 6.06. The maximum atomic E-state index is 4.96. The predicted octanol–water partition coefficient (Wildman–Crippen LogP) is 2.54.